The van der Waals surface area contributed by atoms with Crippen molar-refractivity contribution in [2.24, 2.45) is 0 Å². The van der Waals surface area contributed by atoms with Crippen LogP contribution in [0.15, 0.2) is 54.6 Å². The molecule has 1 heterocycles. The summed E-state index contributed by atoms with van der Waals surface area (Å²) in [6.45, 7) is 3.87. The number of carbonyl (C=O) groups excluding carboxylic acids is 2. The first-order valence-corrected chi connectivity index (χ1v) is 9.02. The molecule has 132 valence electrons. The number of para-hydroxylation sites is 1. The maximum atomic E-state index is 12.8. The van der Waals surface area contributed by atoms with Crippen LogP contribution in [0.5, 0.6) is 0 Å². The van der Waals surface area contributed by atoms with Gasteiger partial charge in [-0.05, 0) is 31.5 Å². The highest BCUT2D eigenvalue weighted by molar-refractivity contribution is 7.15. The minimum atomic E-state index is -0.471. The fourth-order valence-corrected chi connectivity index (χ4v) is 3.45. The Labute approximate surface area is 155 Å². The van der Waals surface area contributed by atoms with E-state index in [1.807, 2.05) is 37.3 Å². The Morgan fingerprint density at radius 2 is 1.77 bits per heavy atom. The van der Waals surface area contributed by atoms with Crippen molar-refractivity contribution in [2.45, 2.75) is 13.8 Å². The van der Waals surface area contributed by atoms with E-state index >= 15 is 0 Å². The molecule has 0 saturated heterocycles. The highest BCUT2D eigenvalue weighted by Gasteiger charge is 2.20. The summed E-state index contributed by atoms with van der Waals surface area (Å²) in [5.41, 5.74) is 2.00. The smallest absolute Gasteiger partial charge is 0.340 e. The lowest BCUT2D eigenvalue weighted by atomic mass is 10.1. The number of benzene rings is 2. The van der Waals surface area contributed by atoms with Crippen molar-refractivity contribution >= 4 is 28.9 Å². The van der Waals surface area contributed by atoms with Gasteiger partial charge in [0.2, 0.25) is 0 Å². The number of nitrogens with zero attached hydrogens (tertiary/aromatic N) is 1. The Morgan fingerprint density at radius 3 is 2.50 bits per heavy atom. The molecular weight excluding hydrogens is 348 g/mol. The van der Waals surface area contributed by atoms with Crippen molar-refractivity contribution in [3.8, 4) is 10.4 Å². The first kappa shape index (κ1) is 17.8. The highest BCUT2D eigenvalue weighted by Crippen LogP contribution is 2.30. The summed E-state index contributed by atoms with van der Waals surface area (Å²) < 4.78 is 5.05. The van der Waals surface area contributed by atoms with Crippen molar-refractivity contribution in [3.05, 3.63) is 70.9 Å². The first-order valence-electron chi connectivity index (χ1n) is 8.20. The lowest BCUT2D eigenvalue weighted by Crippen LogP contribution is -2.17. The van der Waals surface area contributed by atoms with Gasteiger partial charge in [-0.3, -0.25) is 4.79 Å². The molecule has 0 bridgehead atoms. The van der Waals surface area contributed by atoms with E-state index in [0.717, 1.165) is 15.4 Å². The number of amides is 1. The van der Waals surface area contributed by atoms with E-state index in [2.05, 4.69) is 10.3 Å². The average Bonchev–Trinajstić information content (AvgIpc) is 3.05. The predicted octanol–water partition coefficient (Wildman–Crippen LogP) is 4.55. The SMILES string of the molecule is CCOC(=O)c1ccccc1NC(=O)c1nc(C)sc1-c1ccccc1. The molecule has 1 amide bonds. The summed E-state index contributed by atoms with van der Waals surface area (Å²) >= 11 is 1.46. The Hall–Kier alpha value is -2.99. The van der Waals surface area contributed by atoms with Crippen LogP contribution in [0.2, 0.25) is 0 Å². The number of anilines is 1. The first-order chi connectivity index (χ1) is 12.6. The Balaban J connectivity index is 1.92. The van der Waals surface area contributed by atoms with E-state index in [1.54, 1.807) is 31.2 Å². The fourth-order valence-electron chi connectivity index (χ4n) is 2.53. The van der Waals surface area contributed by atoms with Crippen LogP contribution in [-0.2, 0) is 4.74 Å². The number of hydrogen-bond acceptors (Lipinski definition) is 5. The van der Waals surface area contributed by atoms with Crippen molar-refractivity contribution in [1.82, 2.24) is 4.98 Å². The molecule has 26 heavy (non-hydrogen) atoms. The number of thiazole rings is 1. The lowest BCUT2D eigenvalue weighted by Gasteiger charge is -2.10. The molecule has 3 aromatic rings. The van der Waals surface area contributed by atoms with E-state index in [-0.39, 0.29) is 12.5 Å². The number of aryl methyl sites for hydroxylation is 1. The highest BCUT2D eigenvalue weighted by atomic mass is 32.1. The molecule has 0 atom stereocenters. The second-order valence-corrected chi connectivity index (χ2v) is 6.70. The van der Waals surface area contributed by atoms with Crippen LogP contribution < -0.4 is 5.32 Å². The molecule has 0 spiro atoms. The summed E-state index contributed by atoms with van der Waals surface area (Å²) in [5, 5.41) is 3.59. The second-order valence-electron chi connectivity index (χ2n) is 5.50. The van der Waals surface area contributed by atoms with E-state index in [0.29, 0.717) is 16.9 Å². The molecule has 0 aliphatic heterocycles. The third kappa shape index (κ3) is 3.81. The number of aromatic nitrogens is 1. The zero-order valence-electron chi connectivity index (χ0n) is 14.5. The maximum absolute atomic E-state index is 12.8. The van der Waals surface area contributed by atoms with Gasteiger partial charge in [-0.15, -0.1) is 11.3 Å². The van der Waals surface area contributed by atoms with Crippen molar-refractivity contribution in [3.63, 3.8) is 0 Å². The van der Waals surface area contributed by atoms with Crippen molar-refractivity contribution in [2.75, 3.05) is 11.9 Å². The summed E-state index contributed by atoms with van der Waals surface area (Å²) in [4.78, 5) is 30.1. The fraction of sp³-hybridized carbons (Fsp3) is 0.150. The van der Waals surface area contributed by atoms with Gasteiger partial charge in [-0.2, -0.15) is 0 Å². The molecule has 0 saturated carbocycles. The van der Waals surface area contributed by atoms with E-state index in [4.69, 9.17) is 4.74 Å². The summed E-state index contributed by atoms with van der Waals surface area (Å²) in [5.74, 6) is -0.828. The van der Waals surface area contributed by atoms with E-state index < -0.39 is 5.97 Å². The van der Waals surface area contributed by atoms with Crippen LogP contribution in [0.3, 0.4) is 0 Å². The normalized spacial score (nSPS) is 10.4. The van der Waals surface area contributed by atoms with E-state index in [9.17, 15) is 9.59 Å². The number of rotatable bonds is 5. The molecule has 6 heteroatoms. The van der Waals surface area contributed by atoms with Gasteiger partial charge in [-0.25, -0.2) is 9.78 Å². The van der Waals surface area contributed by atoms with Crippen molar-refractivity contribution < 1.29 is 14.3 Å². The Bertz CT molecular complexity index is 935. The molecule has 1 N–H and O–H groups in total. The van der Waals surface area contributed by atoms with Gasteiger partial charge in [0.05, 0.1) is 27.7 Å². The average molecular weight is 366 g/mol. The van der Waals surface area contributed by atoms with Crippen LogP contribution in [0.25, 0.3) is 10.4 Å². The maximum Gasteiger partial charge on any atom is 0.340 e. The molecule has 0 aliphatic carbocycles. The molecule has 3 rings (SSSR count). The number of hydrogen-bond donors (Lipinski definition) is 1. The lowest BCUT2D eigenvalue weighted by molar-refractivity contribution is 0.0527. The van der Waals surface area contributed by atoms with Gasteiger partial charge in [0.25, 0.3) is 5.91 Å². The van der Waals surface area contributed by atoms with Gasteiger partial charge in [0.1, 0.15) is 5.69 Å². The number of esters is 1. The van der Waals surface area contributed by atoms with Crippen LogP contribution in [0.1, 0.15) is 32.8 Å². The second kappa shape index (κ2) is 7.93. The van der Waals surface area contributed by atoms with Crippen LogP contribution in [0.4, 0.5) is 5.69 Å². The van der Waals surface area contributed by atoms with Crippen LogP contribution >= 0.6 is 11.3 Å². The topological polar surface area (TPSA) is 68.3 Å². The Morgan fingerprint density at radius 1 is 1.08 bits per heavy atom. The van der Waals surface area contributed by atoms with Gasteiger partial charge in [-0.1, -0.05) is 42.5 Å². The zero-order valence-corrected chi connectivity index (χ0v) is 15.3. The predicted molar refractivity (Wildman–Crippen MR) is 103 cm³/mol. The largest absolute Gasteiger partial charge is 0.462 e. The molecule has 0 radical (unpaired) electrons. The molecule has 1 aromatic heterocycles. The van der Waals surface area contributed by atoms with Gasteiger partial charge < -0.3 is 10.1 Å². The molecule has 0 unspecified atom stereocenters. The third-order valence-electron chi connectivity index (χ3n) is 3.66. The van der Waals surface area contributed by atoms with Gasteiger partial charge >= 0.3 is 5.97 Å². The van der Waals surface area contributed by atoms with E-state index in [1.165, 1.54) is 11.3 Å². The monoisotopic (exact) mass is 366 g/mol. The molecule has 5 nitrogen and oxygen atoms in total. The minimum absolute atomic E-state index is 0.268. The standard InChI is InChI=1S/C20H18N2O3S/c1-3-25-20(24)15-11-7-8-12-16(15)22-19(23)17-18(26-13(2)21-17)14-9-5-4-6-10-14/h4-12H,3H2,1-2H3,(H,22,23). The van der Waals surface area contributed by atoms with Gasteiger partial charge in [0.15, 0.2) is 0 Å². The van der Waals surface area contributed by atoms with Crippen LogP contribution in [-0.4, -0.2) is 23.5 Å². The minimum Gasteiger partial charge on any atom is -0.462 e. The van der Waals surface area contributed by atoms with Crippen molar-refractivity contribution in [1.29, 1.82) is 0 Å². The molecule has 0 fully saturated rings. The summed E-state index contributed by atoms with van der Waals surface area (Å²) in [7, 11) is 0. The molecule has 2 aromatic carbocycles. The zero-order chi connectivity index (χ0) is 18.5. The number of ether oxygens (including phenoxy) is 1. The Kier molecular flexibility index (Phi) is 5.43. The number of carbonyl (C=O) groups is 2. The number of nitrogens with one attached hydrogen (secondary N) is 1. The molecule has 0 aliphatic rings. The summed E-state index contributed by atoms with van der Waals surface area (Å²) in [6.07, 6.45) is 0. The van der Waals surface area contributed by atoms with Gasteiger partial charge in [0, 0.05) is 0 Å². The quantitative estimate of drug-likeness (QED) is 0.673. The summed E-state index contributed by atoms with van der Waals surface area (Å²) in [6, 6.07) is 16.4. The third-order valence-corrected chi connectivity index (χ3v) is 4.68. The molecular formula is C20H18N2O3S. The van der Waals surface area contributed by atoms with Crippen LogP contribution in [0, 0.1) is 6.92 Å².